The third-order valence-corrected chi connectivity index (χ3v) is 0.805. The molecule has 0 radical (unpaired) electrons. The molecule has 0 aliphatic rings. The van der Waals surface area contributed by atoms with Crippen LogP contribution in [0.25, 0.3) is 0 Å². The summed E-state index contributed by atoms with van der Waals surface area (Å²) in [6, 6.07) is 0. The summed E-state index contributed by atoms with van der Waals surface area (Å²) < 4.78 is 0. The standard InChI is InChI=1S/C3H7NO.C2Cl2O2/c1-4(2)3-5;3-1(5)2(4)6/h3H,1-2H3;. The minimum Gasteiger partial charge on any atom is -0.351 e. The lowest BCUT2D eigenvalue weighted by molar-refractivity contribution is -0.127. The van der Waals surface area contributed by atoms with Gasteiger partial charge in [-0.15, -0.1) is 0 Å². The number of amides is 1. The van der Waals surface area contributed by atoms with Gasteiger partial charge < -0.3 is 4.90 Å². The maximum absolute atomic E-state index is 9.43. The summed E-state index contributed by atoms with van der Waals surface area (Å²) in [6.07, 6.45) is 0.750. The van der Waals surface area contributed by atoms with Crippen molar-refractivity contribution in [2.75, 3.05) is 14.1 Å². The van der Waals surface area contributed by atoms with Crippen LogP contribution in [0.1, 0.15) is 0 Å². The van der Waals surface area contributed by atoms with E-state index < -0.39 is 10.5 Å². The van der Waals surface area contributed by atoms with E-state index in [0.29, 0.717) is 0 Å². The minimum atomic E-state index is -1.14. The summed E-state index contributed by atoms with van der Waals surface area (Å²) in [7, 11) is 3.38. The molecule has 0 aromatic carbocycles. The van der Waals surface area contributed by atoms with E-state index >= 15 is 0 Å². The lowest BCUT2D eigenvalue weighted by Crippen LogP contribution is -2.06. The van der Waals surface area contributed by atoms with E-state index in [4.69, 9.17) is 0 Å². The molecule has 0 saturated carbocycles. The average molecular weight is 200 g/mol. The van der Waals surface area contributed by atoms with Crippen LogP contribution in [0.4, 0.5) is 0 Å². The Kier molecular flexibility index (Phi) is 8.87. The van der Waals surface area contributed by atoms with Gasteiger partial charge in [0.05, 0.1) is 0 Å². The number of carbonyl (C=O) groups excluding carboxylic acids is 3. The van der Waals surface area contributed by atoms with Crippen molar-refractivity contribution in [1.82, 2.24) is 4.90 Å². The molecule has 0 aliphatic heterocycles. The smallest absolute Gasteiger partial charge is 0.304 e. The van der Waals surface area contributed by atoms with Crippen LogP contribution in [-0.4, -0.2) is 35.9 Å². The van der Waals surface area contributed by atoms with Gasteiger partial charge in [-0.2, -0.15) is 0 Å². The molecule has 4 nitrogen and oxygen atoms in total. The van der Waals surface area contributed by atoms with Crippen LogP contribution < -0.4 is 0 Å². The topological polar surface area (TPSA) is 54.5 Å². The number of carbonyl (C=O) groups is 3. The van der Waals surface area contributed by atoms with Crippen LogP contribution in [-0.2, 0) is 14.4 Å². The molecule has 0 saturated heterocycles. The van der Waals surface area contributed by atoms with Crippen LogP contribution >= 0.6 is 23.2 Å². The van der Waals surface area contributed by atoms with Gasteiger partial charge in [-0.1, -0.05) is 0 Å². The Bertz CT molecular complexity index is 146. The predicted molar refractivity (Wildman–Crippen MR) is 41.5 cm³/mol. The molecule has 6 heteroatoms. The zero-order valence-electron chi connectivity index (χ0n) is 6.01. The fourth-order valence-corrected chi connectivity index (χ4v) is 0. The Balaban J connectivity index is 0. The van der Waals surface area contributed by atoms with Gasteiger partial charge in [0.25, 0.3) is 0 Å². The summed E-state index contributed by atoms with van der Waals surface area (Å²) in [5.74, 6) is 0. The largest absolute Gasteiger partial charge is 0.351 e. The monoisotopic (exact) mass is 199 g/mol. The molecule has 0 bridgehead atoms. The molecule has 0 unspecified atom stereocenters. The van der Waals surface area contributed by atoms with Gasteiger partial charge >= 0.3 is 10.5 Å². The van der Waals surface area contributed by atoms with E-state index in [1.807, 2.05) is 0 Å². The molecule has 64 valence electrons. The molecular weight excluding hydrogens is 193 g/mol. The van der Waals surface area contributed by atoms with Crippen molar-refractivity contribution in [2.45, 2.75) is 0 Å². The Morgan fingerprint density at radius 3 is 1.36 bits per heavy atom. The van der Waals surface area contributed by atoms with E-state index in [0.717, 1.165) is 6.41 Å². The number of hydrogen-bond acceptors (Lipinski definition) is 3. The van der Waals surface area contributed by atoms with Crippen molar-refractivity contribution in [2.24, 2.45) is 0 Å². The lowest BCUT2D eigenvalue weighted by atomic mass is 10.9. The lowest BCUT2D eigenvalue weighted by Gasteiger charge is -1.93. The Morgan fingerprint density at radius 1 is 1.18 bits per heavy atom. The van der Waals surface area contributed by atoms with E-state index in [-0.39, 0.29) is 0 Å². The number of halogens is 2. The highest BCUT2D eigenvalue weighted by Gasteiger charge is 2.01. The first kappa shape index (κ1) is 13.0. The summed E-state index contributed by atoms with van der Waals surface area (Å²) in [6.45, 7) is 0. The molecule has 0 fully saturated rings. The third kappa shape index (κ3) is 17.7. The first-order valence-corrected chi connectivity index (χ1v) is 3.18. The highest BCUT2D eigenvalue weighted by Crippen LogP contribution is 1.84. The number of hydrogen-bond donors (Lipinski definition) is 0. The van der Waals surface area contributed by atoms with Crippen LogP contribution in [0, 0.1) is 0 Å². The first-order chi connectivity index (χ1) is 4.91. The molecule has 11 heavy (non-hydrogen) atoms. The zero-order valence-corrected chi connectivity index (χ0v) is 7.52. The molecule has 0 aliphatic carbocycles. The van der Waals surface area contributed by atoms with Crippen molar-refractivity contribution in [1.29, 1.82) is 0 Å². The Hall–Kier alpha value is -0.610. The SMILES string of the molecule is CN(C)C=O.O=C(Cl)C(=O)Cl. The van der Waals surface area contributed by atoms with E-state index in [9.17, 15) is 14.4 Å². The fraction of sp³-hybridized carbons (Fsp3) is 0.400. The number of rotatable bonds is 2. The van der Waals surface area contributed by atoms with Crippen molar-refractivity contribution in [3.63, 3.8) is 0 Å². The average Bonchev–Trinajstić information content (AvgIpc) is 1.89. The Labute approximate surface area is 74.1 Å². The second-order valence-corrected chi connectivity index (χ2v) is 2.30. The van der Waals surface area contributed by atoms with Crippen molar-refractivity contribution >= 4 is 40.1 Å². The van der Waals surface area contributed by atoms with Crippen LogP contribution in [0.15, 0.2) is 0 Å². The first-order valence-electron chi connectivity index (χ1n) is 2.42. The fourth-order valence-electron chi connectivity index (χ4n) is 0. The van der Waals surface area contributed by atoms with Gasteiger partial charge in [0.15, 0.2) is 0 Å². The van der Waals surface area contributed by atoms with Crippen LogP contribution in [0.2, 0.25) is 0 Å². The van der Waals surface area contributed by atoms with Gasteiger partial charge in [0, 0.05) is 14.1 Å². The number of nitrogens with zero attached hydrogens (tertiary/aromatic N) is 1. The van der Waals surface area contributed by atoms with E-state index in [2.05, 4.69) is 23.2 Å². The molecular formula is C5H7Cl2NO3. The molecule has 0 spiro atoms. The van der Waals surface area contributed by atoms with E-state index in [1.54, 1.807) is 14.1 Å². The van der Waals surface area contributed by atoms with Crippen LogP contribution in [0.3, 0.4) is 0 Å². The van der Waals surface area contributed by atoms with Crippen molar-refractivity contribution in [3.05, 3.63) is 0 Å². The van der Waals surface area contributed by atoms with Gasteiger partial charge in [0.2, 0.25) is 6.41 Å². The highest BCUT2D eigenvalue weighted by atomic mass is 35.5. The summed E-state index contributed by atoms with van der Waals surface area (Å²) in [5.41, 5.74) is 0. The molecule has 0 aromatic rings. The van der Waals surface area contributed by atoms with Crippen LogP contribution in [0.5, 0.6) is 0 Å². The third-order valence-electron chi connectivity index (χ3n) is 0.365. The predicted octanol–water partition coefficient (Wildman–Crippen LogP) is 0.222. The molecule has 0 N–H and O–H groups in total. The second kappa shape index (κ2) is 7.50. The van der Waals surface area contributed by atoms with Crippen molar-refractivity contribution in [3.8, 4) is 0 Å². The second-order valence-electron chi connectivity index (χ2n) is 1.62. The summed E-state index contributed by atoms with van der Waals surface area (Å²) in [5, 5.41) is -2.28. The summed E-state index contributed by atoms with van der Waals surface area (Å²) >= 11 is 8.98. The molecule has 0 aromatic heterocycles. The van der Waals surface area contributed by atoms with E-state index in [1.165, 1.54) is 4.90 Å². The minimum absolute atomic E-state index is 0.750. The molecule has 0 heterocycles. The van der Waals surface area contributed by atoms with Gasteiger partial charge in [0.1, 0.15) is 0 Å². The van der Waals surface area contributed by atoms with Gasteiger partial charge in [-0.3, -0.25) is 14.4 Å². The van der Waals surface area contributed by atoms with Gasteiger partial charge in [-0.25, -0.2) is 0 Å². The highest BCUT2D eigenvalue weighted by molar-refractivity contribution is 6.97. The molecule has 1 amide bonds. The normalized spacial score (nSPS) is 7.27. The zero-order chi connectivity index (χ0) is 9.44. The summed E-state index contributed by atoms with van der Waals surface area (Å²) in [4.78, 5) is 29.7. The Morgan fingerprint density at radius 2 is 1.36 bits per heavy atom. The maximum atomic E-state index is 9.43. The van der Waals surface area contributed by atoms with Gasteiger partial charge in [-0.05, 0) is 23.2 Å². The van der Waals surface area contributed by atoms with Crippen molar-refractivity contribution < 1.29 is 14.4 Å². The maximum Gasteiger partial charge on any atom is 0.304 e. The quantitative estimate of drug-likeness (QED) is 0.364. The molecule has 0 atom stereocenters. The molecule has 0 rings (SSSR count).